The van der Waals surface area contributed by atoms with Gasteiger partial charge in [0.05, 0.1) is 4.75 Å². The van der Waals surface area contributed by atoms with Gasteiger partial charge in [-0.15, -0.1) is 0 Å². The highest BCUT2D eigenvalue weighted by Crippen LogP contribution is 2.49. The van der Waals surface area contributed by atoms with Crippen LogP contribution in [-0.4, -0.2) is 40.6 Å². The topological polar surface area (TPSA) is 77.8 Å². The summed E-state index contributed by atoms with van der Waals surface area (Å²) in [6.45, 7) is 0. The van der Waals surface area contributed by atoms with Gasteiger partial charge in [0.1, 0.15) is 8.28 Å². The molecule has 0 aliphatic heterocycles. The molecule has 0 aromatic heterocycles. The first-order valence-corrected chi connectivity index (χ1v) is 9.96. The van der Waals surface area contributed by atoms with Crippen LogP contribution in [0.1, 0.15) is 64.2 Å². The maximum Gasteiger partial charge on any atom is 0.320 e. The molecule has 2 aliphatic rings. The fourth-order valence-corrected chi connectivity index (χ4v) is 7.34. The maximum absolute atomic E-state index is 11.7. The van der Waals surface area contributed by atoms with Crippen LogP contribution >= 0.6 is 35.7 Å². The minimum absolute atomic E-state index is 0.541. The number of aliphatic carboxylic acids is 1. The van der Waals surface area contributed by atoms with Crippen LogP contribution in [0.25, 0.3) is 0 Å². The number of hydrogen-bond acceptors (Lipinski definition) is 6. The fourth-order valence-electron chi connectivity index (χ4n) is 3.39. The molecule has 2 aliphatic carbocycles. The summed E-state index contributed by atoms with van der Waals surface area (Å²) in [5.41, 5.74) is 0. The van der Waals surface area contributed by atoms with E-state index >= 15 is 0 Å². The van der Waals surface area contributed by atoms with Crippen LogP contribution in [-0.2, 0) is 4.79 Å². The molecule has 0 heterocycles. The van der Waals surface area contributed by atoms with Crippen LogP contribution in [0.15, 0.2) is 0 Å². The minimum Gasteiger partial charge on any atom is -0.480 e. The van der Waals surface area contributed by atoms with E-state index in [-0.39, 0.29) is 0 Å². The molecule has 3 N–H and O–H groups in total. The van der Waals surface area contributed by atoms with Crippen LogP contribution in [0.3, 0.4) is 0 Å². The number of hydrogen-bond donors (Lipinski definition) is 3. The van der Waals surface area contributed by atoms with Gasteiger partial charge in [0.25, 0.3) is 0 Å². The molecule has 2 saturated carbocycles. The minimum atomic E-state index is -1.41. The van der Waals surface area contributed by atoms with E-state index in [4.69, 9.17) is 12.2 Å². The highest BCUT2D eigenvalue weighted by Gasteiger charge is 2.45. The van der Waals surface area contributed by atoms with E-state index < -0.39 is 21.8 Å². The van der Waals surface area contributed by atoms with Gasteiger partial charge in [0.2, 0.25) is 0 Å². The van der Waals surface area contributed by atoms with E-state index in [0.717, 1.165) is 51.4 Å². The van der Waals surface area contributed by atoms with Gasteiger partial charge in [-0.1, -0.05) is 74.3 Å². The van der Waals surface area contributed by atoms with Crippen molar-refractivity contribution in [3.8, 4) is 0 Å². The van der Waals surface area contributed by atoms with Crippen LogP contribution in [0.2, 0.25) is 0 Å². The normalized spacial score (nSPS) is 24.1. The molecular weight excluding hydrogens is 340 g/mol. The third kappa shape index (κ3) is 4.17. The van der Waals surface area contributed by atoms with Gasteiger partial charge in [-0.05, 0) is 25.7 Å². The Kier molecular flexibility index (Phi) is 6.59. The zero-order valence-electron chi connectivity index (χ0n) is 12.6. The Morgan fingerprint density at radius 1 is 0.909 bits per heavy atom. The number of thiocarbonyl (C=S) groups is 1. The van der Waals surface area contributed by atoms with E-state index in [1.807, 2.05) is 0 Å². The summed E-state index contributed by atoms with van der Waals surface area (Å²) < 4.78 is -0.936. The fraction of sp³-hybridized carbons (Fsp3) is 0.867. The largest absolute Gasteiger partial charge is 0.480 e. The van der Waals surface area contributed by atoms with E-state index in [2.05, 4.69) is 0 Å². The zero-order chi connectivity index (χ0) is 16.2. The molecule has 4 nitrogen and oxygen atoms in total. The monoisotopic (exact) mass is 364 g/mol. The number of rotatable bonds is 4. The Hall–Kier alpha value is 0.180. The average molecular weight is 365 g/mol. The van der Waals surface area contributed by atoms with Gasteiger partial charge in [-0.2, -0.15) is 0 Å². The quantitative estimate of drug-likeness (QED) is 0.520. The Balaban J connectivity index is 2.05. The summed E-state index contributed by atoms with van der Waals surface area (Å²) in [5, 5.41) is 29.2. The molecule has 0 radical (unpaired) electrons. The molecular formula is C15H24O4S3. The molecule has 2 rings (SSSR count). The van der Waals surface area contributed by atoms with Crippen molar-refractivity contribution in [1.82, 2.24) is 0 Å². The molecule has 0 bridgehead atoms. The van der Waals surface area contributed by atoms with Crippen LogP contribution in [0, 0.1) is 0 Å². The van der Waals surface area contributed by atoms with Crippen molar-refractivity contribution >= 4 is 45.2 Å². The van der Waals surface area contributed by atoms with Crippen molar-refractivity contribution in [1.29, 1.82) is 0 Å². The number of aliphatic hydroxyl groups is 2. The molecule has 22 heavy (non-hydrogen) atoms. The number of thioether (sulfide) groups is 2. The smallest absolute Gasteiger partial charge is 0.320 e. The van der Waals surface area contributed by atoms with Gasteiger partial charge in [-0.3, -0.25) is 4.79 Å². The van der Waals surface area contributed by atoms with Crippen molar-refractivity contribution in [3.05, 3.63) is 0 Å². The van der Waals surface area contributed by atoms with Crippen molar-refractivity contribution in [2.24, 2.45) is 0 Å². The molecule has 0 spiro atoms. The third-order valence-electron chi connectivity index (χ3n) is 4.79. The maximum atomic E-state index is 11.7. The lowest BCUT2D eigenvalue weighted by Gasteiger charge is -2.39. The third-order valence-corrected chi connectivity index (χ3v) is 8.12. The predicted molar refractivity (Wildman–Crippen MR) is 95.3 cm³/mol. The summed E-state index contributed by atoms with van der Waals surface area (Å²) in [4.78, 5) is 11.7. The second-order valence-electron chi connectivity index (χ2n) is 6.31. The first-order chi connectivity index (χ1) is 10.4. The molecule has 0 aromatic rings. The van der Waals surface area contributed by atoms with E-state index in [9.17, 15) is 20.1 Å². The molecule has 126 valence electrons. The second-order valence-corrected chi connectivity index (χ2v) is 10.3. The number of carbonyl (C=O) groups is 1. The van der Waals surface area contributed by atoms with Crippen LogP contribution in [0.5, 0.6) is 0 Å². The lowest BCUT2D eigenvalue weighted by molar-refractivity contribution is -0.140. The molecule has 0 atom stereocenters. The van der Waals surface area contributed by atoms with Gasteiger partial charge >= 0.3 is 5.97 Å². The van der Waals surface area contributed by atoms with Gasteiger partial charge < -0.3 is 15.3 Å². The zero-order valence-corrected chi connectivity index (χ0v) is 15.1. The summed E-state index contributed by atoms with van der Waals surface area (Å²) in [7, 11) is 0. The second kappa shape index (κ2) is 7.83. The molecule has 0 aromatic carbocycles. The lowest BCUT2D eigenvalue weighted by Crippen LogP contribution is -2.43. The highest BCUT2D eigenvalue weighted by atomic mass is 32.2. The molecule has 0 amide bonds. The summed E-state index contributed by atoms with van der Waals surface area (Å²) in [6, 6.07) is 0. The average Bonchev–Trinajstić information content (AvgIpc) is 2.48. The SMILES string of the molecule is O=C(O)C1(SC(=S)SC2(C(O)O)CCCCC2)CCCCC1. The van der Waals surface area contributed by atoms with Crippen LogP contribution in [0.4, 0.5) is 0 Å². The predicted octanol–water partition coefficient (Wildman–Crippen LogP) is 3.54. The highest BCUT2D eigenvalue weighted by molar-refractivity contribution is 8.48. The van der Waals surface area contributed by atoms with Crippen molar-refractivity contribution in [2.45, 2.75) is 80.0 Å². The Morgan fingerprint density at radius 3 is 1.86 bits per heavy atom. The Morgan fingerprint density at radius 2 is 1.41 bits per heavy atom. The van der Waals surface area contributed by atoms with E-state index in [1.165, 1.54) is 23.5 Å². The van der Waals surface area contributed by atoms with Gasteiger partial charge in [0, 0.05) is 0 Å². The molecule has 0 saturated heterocycles. The van der Waals surface area contributed by atoms with Gasteiger partial charge in [0.15, 0.2) is 6.29 Å². The van der Waals surface area contributed by atoms with Crippen molar-refractivity contribution in [2.75, 3.05) is 0 Å². The number of aliphatic hydroxyl groups excluding tert-OH is 1. The molecule has 0 unspecified atom stereocenters. The molecule has 2 fully saturated rings. The van der Waals surface area contributed by atoms with E-state index in [1.54, 1.807) is 0 Å². The van der Waals surface area contributed by atoms with E-state index in [0.29, 0.717) is 16.4 Å². The standard InChI is InChI=1S/C15H24O4S3/c16-11(17)14(7-3-1-4-8-14)21-13(20)22-15(12(18)19)9-5-2-6-10-15/h11,16-17H,1-10H2,(H,18,19). The van der Waals surface area contributed by atoms with Crippen molar-refractivity contribution < 1.29 is 20.1 Å². The Labute approximate surface area is 145 Å². The van der Waals surface area contributed by atoms with Crippen LogP contribution < -0.4 is 0 Å². The van der Waals surface area contributed by atoms with Crippen molar-refractivity contribution in [3.63, 3.8) is 0 Å². The summed E-state index contributed by atoms with van der Waals surface area (Å²) in [5.74, 6) is -0.789. The lowest BCUT2D eigenvalue weighted by atomic mass is 9.88. The summed E-state index contributed by atoms with van der Waals surface area (Å²) in [6.07, 6.45) is 7.24. The van der Waals surface area contributed by atoms with Gasteiger partial charge in [-0.25, -0.2) is 0 Å². The number of carboxylic acids is 1. The molecule has 7 heteroatoms. The Bertz CT molecular complexity index is 413. The first kappa shape index (κ1) is 18.5. The number of carboxylic acid groups (broad SMARTS) is 1. The first-order valence-electron chi connectivity index (χ1n) is 7.92. The summed E-state index contributed by atoms with van der Waals surface area (Å²) >= 11 is 8.01.